The molecule has 144 valence electrons. The highest BCUT2D eigenvalue weighted by Crippen LogP contribution is 2.29. The van der Waals surface area contributed by atoms with Gasteiger partial charge >= 0.3 is 11.9 Å². The van der Waals surface area contributed by atoms with E-state index in [0.29, 0.717) is 17.1 Å². The Balaban J connectivity index is 2.50. The lowest BCUT2D eigenvalue weighted by Crippen LogP contribution is -2.48. The monoisotopic (exact) mass is 375 g/mol. The van der Waals surface area contributed by atoms with Crippen molar-refractivity contribution in [3.63, 3.8) is 0 Å². The van der Waals surface area contributed by atoms with E-state index in [1.807, 2.05) is 0 Å². The zero-order valence-corrected chi connectivity index (χ0v) is 15.0. The number of ether oxygens (including phenoxy) is 1. The summed E-state index contributed by atoms with van der Waals surface area (Å²) in [5.74, 6) is -2.93. The molecule has 8 nitrogen and oxygen atoms in total. The highest BCUT2D eigenvalue weighted by molar-refractivity contribution is 6.07. The number of aliphatic carboxylic acids is 1. The van der Waals surface area contributed by atoms with Gasteiger partial charge in [0.15, 0.2) is 6.04 Å². The number of nitrogens with zero attached hydrogens (tertiary/aromatic N) is 1. The summed E-state index contributed by atoms with van der Waals surface area (Å²) in [6, 6.07) is 8.71. The molecule has 0 aliphatic carbocycles. The third kappa shape index (κ3) is 4.35. The van der Waals surface area contributed by atoms with Crippen LogP contribution in [0.4, 0.5) is 0 Å². The van der Waals surface area contributed by atoms with E-state index in [2.05, 4.69) is 0 Å². The van der Waals surface area contributed by atoms with Gasteiger partial charge in [-0.25, -0.2) is 9.59 Å². The maximum absolute atomic E-state index is 12.9. The predicted molar refractivity (Wildman–Crippen MR) is 96.2 cm³/mol. The molecule has 27 heavy (non-hydrogen) atoms. The van der Waals surface area contributed by atoms with Gasteiger partial charge in [0.1, 0.15) is 11.3 Å². The van der Waals surface area contributed by atoms with Gasteiger partial charge in [0.25, 0.3) is 5.91 Å². The zero-order valence-electron chi connectivity index (χ0n) is 15.0. The van der Waals surface area contributed by atoms with Crippen molar-refractivity contribution in [3.8, 4) is 5.75 Å². The minimum absolute atomic E-state index is 0.0749. The average Bonchev–Trinajstić information content (AvgIpc) is 2.66. The third-order valence-corrected chi connectivity index (χ3v) is 3.87. The normalized spacial score (nSPS) is 11.7. The number of amides is 1. The number of fused-ring (bicyclic) bond motifs is 1. The minimum Gasteiger partial charge on any atom is -0.493 e. The molecule has 0 unspecified atom stereocenters. The first-order valence-corrected chi connectivity index (χ1v) is 8.47. The Kier molecular flexibility index (Phi) is 6.73. The van der Waals surface area contributed by atoms with Gasteiger partial charge in [-0.15, -0.1) is 0 Å². The van der Waals surface area contributed by atoms with Crippen LogP contribution in [-0.4, -0.2) is 52.4 Å². The largest absolute Gasteiger partial charge is 0.493 e. The van der Waals surface area contributed by atoms with E-state index in [4.69, 9.17) is 9.57 Å². The van der Waals surface area contributed by atoms with Gasteiger partial charge < -0.3 is 19.8 Å². The molecule has 2 aromatic carbocycles. The van der Waals surface area contributed by atoms with Gasteiger partial charge in [-0.2, -0.15) is 5.06 Å². The number of aliphatic hydroxyl groups excluding tert-OH is 1. The summed E-state index contributed by atoms with van der Waals surface area (Å²) < 4.78 is 5.50. The molecule has 0 saturated heterocycles. The molecule has 0 fully saturated rings. The quantitative estimate of drug-likeness (QED) is 0.712. The van der Waals surface area contributed by atoms with Crippen LogP contribution in [0.15, 0.2) is 36.4 Å². The number of rotatable bonds is 7. The number of hydroxylamine groups is 2. The number of benzene rings is 2. The third-order valence-electron chi connectivity index (χ3n) is 3.87. The maximum atomic E-state index is 12.9. The van der Waals surface area contributed by atoms with Crippen molar-refractivity contribution in [1.29, 1.82) is 0 Å². The molecule has 0 radical (unpaired) electrons. The summed E-state index contributed by atoms with van der Waals surface area (Å²) in [4.78, 5) is 41.4. The van der Waals surface area contributed by atoms with E-state index < -0.39 is 30.5 Å². The molecule has 0 aliphatic rings. The molecule has 2 aromatic rings. The van der Waals surface area contributed by atoms with Crippen LogP contribution >= 0.6 is 0 Å². The van der Waals surface area contributed by atoms with E-state index in [1.165, 1.54) is 6.92 Å². The Morgan fingerprint density at radius 2 is 1.81 bits per heavy atom. The van der Waals surface area contributed by atoms with E-state index in [9.17, 15) is 24.6 Å². The SMILES string of the molecule is CCOc1ccc2ccccc2c1C(=O)ON(C(=O)CC)[C@@H](CO)C(=O)O. The van der Waals surface area contributed by atoms with Gasteiger partial charge in [-0.05, 0) is 18.4 Å². The Bertz CT molecular complexity index is 849. The molecule has 1 amide bonds. The van der Waals surface area contributed by atoms with Crippen LogP contribution in [0.1, 0.15) is 30.6 Å². The topological polar surface area (TPSA) is 113 Å². The van der Waals surface area contributed by atoms with Gasteiger partial charge in [0.05, 0.1) is 13.2 Å². The highest BCUT2D eigenvalue weighted by Gasteiger charge is 2.33. The van der Waals surface area contributed by atoms with Crippen LogP contribution < -0.4 is 4.74 Å². The lowest BCUT2D eigenvalue weighted by Gasteiger charge is -2.26. The van der Waals surface area contributed by atoms with Crippen LogP contribution in [0.25, 0.3) is 10.8 Å². The van der Waals surface area contributed by atoms with E-state index >= 15 is 0 Å². The first kappa shape index (κ1) is 20.2. The number of carbonyl (C=O) groups excluding carboxylic acids is 2. The van der Waals surface area contributed by atoms with Crippen molar-refractivity contribution in [3.05, 3.63) is 42.0 Å². The summed E-state index contributed by atoms with van der Waals surface area (Å²) in [5, 5.41) is 20.2. The number of carboxylic acids is 1. The smallest absolute Gasteiger partial charge is 0.367 e. The fraction of sp³-hybridized carbons (Fsp3) is 0.316. The molecule has 0 heterocycles. The molecule has 0 bridgehead atoms. The molecular formula is C19H21NO7. The molecule has 0 spiro atoms. The summed E-state index contributed by atoms with van der Waals surface area (Å²) in [5.41, 5.74) is 0.0749. The van der Waals surface area contributed by atoms with Crippen LogP contribution in [-0.2, 0) is 14.4 Å². The zero-order chi connectivity index (χ0) is 20.0. The van der Waals surface area contributed by atoms with Crippen LogP contribution in [0.3, 0.4) is 0 Å². The molecule has 8 heteroatoms. The Morgan fingerprint density at radius 3 is 2.41 bits per heavy atom. The van der Waals surface area contributed by atoms with E-state index in [1.54, 1.807) is 43.3 Å². The minimum atomic E-state index is -1.70. The first-order valence-electron chi connectivity index (χ1n) is 8.47. The number of hydrogen-bond donors (Lipinski definition) is 2. The number of hydrogen-bond acceptors (Lipinski definition) is 6. The molecule has 1 atom stereocenters. The summed E-state index contributed by atoms with van der Waals surface area (Å²) in [6.07, 6.45) is -0.106. The van der Waals surface area contributed by atoms with Gasteiger partial charge in [-0.3, -0.25) is 4.79 Å². The standard InChI is InChI=1S/C19H21NO7/c1-3-16(22)20(14(11-21)18(23)24)27-19(25)17-13-8-6-5-7-12(13)9-10-15(17)26-4-2/h5-10,14,21H,3-4,11H2,1-2H3,(H,23,24)/t14-/m0/s1. The molecule has 0 aromatic heterocycles. The van der Waals surface area contributed by atoms with Crippen LogP contribution in [0.2, 0.25) is 0 Å². The van der Waals surface area contributed by atoms with Gasteiger partial charge in [0.2, 0.25) is 0 Å². The number of carbonyl (C=O) groups is 3. The fourth-order valence-electron chi connectivity index (χ4n) is 2.57. The second kappa shape index (κ2) is 9.00. The van der Waals surface area contributed by atoms with Gasteiger partial charge in [0, 0.05) is 11.8 Å². The molecule has 0 aliphatic heterocycles. The Morgan fingerprint density at radius 1 is 1.11 bits per heavy atom. The molecule has 2 N–H and O–H groups in total. The summed E-state index contributed by atoms with van der Waals surface area (Å²) in [7, 11) is 0. The van der Waals surface area contributed by atoms with Crippen LogP contribution in [0, 0.1) is 0 Å². The Hall–Kier alpha value is -3.13. The second-order valence-electron chi connectivity index (χ2n) is 5.58. The highest BCUT2D eigenvalue weighted by atomic mass is 16.7. The van der Waals surface area contributed by atoms with Crippen molar-refractivity contribution in [2.75, 3.05) is 13.2 Å². The number of carboxylic acid groups (broad SMARTS) is 1. The van der Waals surface area contributed by atoms with Crippen molar-refractivity contribution in [1.82, 2.24) is 5.06 Å². The summed E-state index contributed by atoms with van der Waals surface area (Å²) in [6.45, 7) is 2.64. The maximum Gasteiger partial charge on any atom is 0.367 e. The first-order chi connectivity index (χ1) is 12.9. The van der Waals surface area contributed by atoms with Gasteiger partial charge in [-0.1, -0.05) is 37.3 Å². The molecule has 0 saturated carbocycles. The Labute approximate surface area is 155 Å². The number of aliphatic hydroxyl groups is 1. The average molecular weight is 375 g/mol. The lowest BCUT2D eigenvalue weighted by molar-refractivity contribution is -0.190. The predicted octanol–water partition coefficient (Wildman–Crippen LogP) is 1.99. The van der Waals surface area contributed by atoms with Crippen molar-refractivity contribution in [2.45, 2.75) is 26.3 Å². The van der Waals surface area contributed by atoms with Crippen molar-refractivity contribution < 1.29 is 34.2 Å². The fourth-order valence-corrected chi connectivity index (χ4v) is 2.57. The molecular weight excluding hydrogens is 354 g/mol. The van der Waals surface area contributed by atoms with Crippen molar-refractivity contribution in [2.24, 2.45) is 0 Å². The van der Waals surface area contributed by atoms with E-state index in [-0.39, 0.29) is 17.7 Å². The van der Waals surface area contributed by atoms with Crippen molar-refractivity contribution >= 4 is 28.6 Å². The lowest BCUT2D eigenvalue weighted by atomic mass is 10.0. The van der Waals surface area contributed by atoms with E-state index in [0.717, 1.165) is 5.39 Å². The summed E-state index contributed by atoms with van der Waals surface area (Å²) >= 11 is 0. The second-order valence-corrected chi connectivity index (χ2v) is 5.58. The molecule has 2 rings (SSSR count). The van der Waals surface area contributed by atoms with Crippen LogP contribution in [0.5, 0.6) is 5.75 Å².